The third-order valence-corrected chi connectivity index (χ3v) is 3.69. The van der Waals surface area contributed by atoms with E-state index in [4.69, 9.17) is 0 Å². The number of unbranched alkanes of at least 4 members (excludes halogenated alkanes) is 11. The molecule has 0 amide bonds. The molecule has 20 heavy (non-hydrogen) atoms. The molecule has 0 saturated heterocycles. The standard InChI is InChI=1S/C20H36/c1-3-5-7-9-11-13-15-17-19-20-18-16-14-12-10-8-6-4-2/h3,5,7,11,13H,1,4,6,8-10,12,14-20H2,2H3. The predicted octanol–water partition coefficient (Wildman–Crippen LogP) is 7.38. The molecule has 0 saturated carbocycles. The van der Waals surface area contributed by atoms with Crippen LogP contribution in [0.5, 0.6) is 0 Å². The normalized spacial score (nSPS) is 11.7. The van der Waals surface area contributed by atoms with E-state index in [2.05, 4.69) is 31.7 Å². The van der Waals surface area contributed by atoms with Crippen LogP contribution in [0.25, 0.3) is 0 Å². The molecule has 0 aromatic rings. The van der Waals surface area contributed by atoms with Crippen molar-refractivity contribution in [3.8, 4) is 0 Å². The lowest BCUT2D eigenvalue weighted by Gasteiger charge is -2.01. The zero-order valence-corrected chi connectivity index (χ0v) is 13.8. The van der Waals surface area contributed by atoms with Gasteiger partial charge in [0.05, 0.1) is 0 Å². The summed E-state index contributed by atoms with van der Waals surface area (Å²) in [6.07, 6.45) is 28.6. The molecule has 116 valence electrons. The quantitative estimate of drug-likeness (QED) is 0.166. The first-order valence-corrected chi connectivity index (χ1v) is 8.84. The lowest BCUT2D eigenvalue weighted by atomic mass is 10.1. The van der Waals surface area contributed by atoms with E-state index in [0.717, 1.165) is 6.42 Å². The van der Waals surface area contributed by atoms with Crippen LogP contribution >= 0.6 is 0 Å². The van der Waals surface area contributed by atoms with Crippen molar-refractivity contribution >= 4 is 0 Å². The highest BCUT2D eigenvalue weighted by Crippen LogP contribution is 2.12. The summed E-state index contributed by atoms with van der Waals surface area (Å²) in [6, 6.07) is 0. The van der Waals surface area contributed by atoms with E-state index in [1.165, 1.54) is 77.0 Å². The zero-order valence-electron chi connectivity index (χ0n) is 13.8. The third kappa shape index (κ3) is 17.2. The smallest absolute Gasteiger partial charge is 0.0166 e. The summed E-state index contributed by atoms with van der Waals surface area (Å²) >= 11 is 0. The molecule has 0 heteroatoms. The Morgan fingerprint density at radius 2 is 1.20 bits per heavy atom. The SMILES string of the molecule is C=CC=CCC=CCCCCCCCCCCCCC. The van der Waals surface area contributed by atoms with E-state index in [1.807, 2.05) is 12.2 Å². The highest BCUT2D eigenvalue weighted by atomic mass is 14.0. The summed E-state index contributed by atoms with van der Waals surface area (Å²) in [4.78, 5) is 0. The van der Waals surface area contributed by atoms with Gasteiger partial charge in [-0.3, -0.25) is 0 Å². The molecule has 0 aromatic carbocycles. The molecule has 0 atom stereocenters. The molecule has 0 fully saturated rings. The van der Waals surface area contributed by atoms with E-state index < -0.39 is 0 Å². The maximum atomic E-state index is 3.66. The largest absolute Gasteiger partial charge is 0.0991 e. The Balaban J connectivity index is 3.05. The fourth-order valence-electron chi connectivity index (χ4n) is 2.39. The fraction of sp³-hybridized carbons (Fsp3) is 0.700. The first-order valence-electron chi connectivity index (χ1n) is 8.84. The number of rotatable bonds is 15. The first kappa shape index (κ1) is 19.2. The Kier molecular flexibility index (Phi) is 17.5. The lowest BCUT2D eigenvalue weighted by Crippen LogP contribution is -1.81. The Bertz CT molecular complexity index is 234. The number of hydrogen-bond acceptors (Lipinski definition) is 0. The molecule has 0 aliphatic rings. The van der Waals surface area contributed by atoms with Crippen LogP contribution in [0.4, 0.5) is 0 Å². The highest BCUT2D eigenvalue weighted by molar-refractivity contribution is 5.00. The minimum absolute atomic E-state index is 1.05. The van der Waals surface area contributed by atoms with Crippen molar-refractivity contribution in [3.63, 3.8) is 0 Å². The summed E-state index contributed by atoms with van der Waals surface area (Å²) in [7, 11) is 0. The van der Waals surface area contributed by atoms with Crippen molar-refractivity contribution in [2.75, 3.05) is 0 Å². The molecule has 0 bridgehead atoms. The maximum Gasteiger partial charge on any atom is -0.0166 e. The Hall–Kier alpha value is -0.780. The summed E-state index contributed by atoms with van der Waals surface area (Å²) in [5, 5.41) is 0. The first-order chi connectivity index (χ1) is 9.91. The third-order valence-electron chi connectivity index (χ3n) is 3.69. The molecular formula is C20H36. The van der Waals surface area contributed by atoms with Gasteiger partial charge in [0.25, 0.3) is 0 Å². The molecule has 0 aliphatic carbocycles. The Labute approximate surface area is 128 Å². The van der Waals surface area contributed by atoms with Gasteiger partial charge in [0.1, 0.15) is 0 Å². The molecule has 0 unspecified atom stereocenters. The van der Waals surface area contributed by atoms with Gasteiger partial charge in [0.2, 0.25) is 0 Å². The van der Waals surface area contributed by atoms with Crippen LogP contribution in [0.1, 0.15) is 90.4 Å². The van der Waals surface area contributed by atoms with Crippen LogP contribution in [-0.4, -0.2) is 0 Å². The molecule has 0 spiro atoms. The second-order valence-electron chi connectivity index (χ2n) is 5.70. The second-order valence-corrected chi connectivity index (χ2v) is 5.70. The van der Waals surface area contributed by atoms with E-state index >= 15 is 0 Å². The number of allylic oxidation sites excluding steroid dienone is 5. The highest BCUT2D eigenvalue weighted by Gasteiger charge is 1.92. The molecule has 0 aliphatic heterocycles. The van der Waals surface area contributed by atoms with Crippen molar-refractivity contribution in [2.24, 2.45) is 0 Å². The van der Waals surface area contributed by atoms with Crippen molar-refractivity contribution in [1.82, 2.24) is 0 Å². The number of hydrogen-bond donors (Lipinski definition) is 0. The van der Waals surface area contributed by atoms with E-state index in [1.54, 1.807) is 0 Å². The molecule has 0 heterocycles. The van der Waals surface area contributed by atoms with Crippen molar-refractivity contribution < 1.29 is 0 Å². The second kappa shape index (κ2) is 18.2. The van der Waals surface area contributed by atoms with Gasteiger partial charge in [0, 0.05) is 0 Å². The van der Waals surface area contributed by atoms with Crippen LogP contribution in [0, 0.1) is 0 Å². The maximum absolute atomic E-state index is 3.66. The van der Waals surface area contributed by atoms with E-state index in [-0.39, 0.29) is 0 Å². The Morgan fingerprint density at radius 1 is 0.650 bits per heavy atom. The molecule has 0 radical (unpaired) electrons. The summed E-state index contributed by atoms with van der Waals surface area (Å²) in [5.41, 5.74) is 0. The minimum Gasteiger partial charge on any atom is -0.0991 e. The molecule has 0 nitrogen and oxygen atoms in total. The average molecular weight is 277 g/mol. The average Bonchev–Trinajstić information content (AvgIpc) is 2.47. The van der Waals surface area contributed by atoms with Gasteiger partial charge in [-0.1, -0.05) is 108 Å². The molecule has 0 N–H and O–H groups in total. The van der Waals surface area contributed by atoms with Gasteiger partial charge in [-0.15, -0.1) is 0 Å². The predicted molar refractivity (Wildman–Crippen MR) is 94.2 cm³/mol. The van der Waals surface area contributed by atoms with Crippen LogP contribution in [0.3, 0.4) is 0 Å². The summed E-state index contributed by atoms with van der Waals surface area (Å²) < 4.78 is 0. The summed E-state index contributed by atoms with van der Waals surface area (Å²) in [6.45, 7) is 5.94. The Morgan fingerprint density at radius 3 is 1.75 bits per heavy atom. The van der Waals surface area contributed by atoms with E-state index in [9.17, 15) is 0 Å². The minimum atomic E-state index is 1.05. The molecule has 0 rings (SSSR count). The molecule has 0 aromatic heterocycles. The van der Waals surface area contributed by atoms with Crippen molar-refractivity contribution in [3.05, 3.63) is 37.0 Å². The van der Waals surface area contributed by atoms with Crippen LogP contribution in [0.15, 0.2) is 37.0 Å². The fourth-order valence-corrected chi connectivity index (χ4v) is 2.39. The van der Waals surface area contributed by atoms with Crippen molar-refractivity contribution in [2.45, 2.75) is 90.4 Å². The summed E-state index contributed by atoms with van der Waals surface area (Å²) in [5.74, 6) is 0. The monoisotopic (exact) mass is 276 g/mol. The topological polar surface area (TPSA) is 0 Å². The van der Waals surface area contributed by atoms with Gasteiger partial charge < -0.3 is 0 Å². The van der Waals surface area contributed by atoms with Gasteiger partial charge in [-0.25, -0.2) is 0 Å². The van der Waals surface area contributed by atoms with Crippen LogP contribution in [-0.2, 0) is 0 Å². The van der Waals surface area contributed by atoms with Crippen LogP contribution in [0.2, 0.25) is 0 Å². The van der Waals surface area contributed by atoms with Gasteiger partial charge in [-0.05, 0) is 19.3 Å². The zero-order chi connectivity index (χ0) is 14.7. The van der Waals surface area contributed by atoms with Crippen LogP contribution < -0.4 is 0 Å². The van der Waals surface area contributed by atoms with E-state index in [0.29, 0.717) is 0 Å². The van der Waals surface area contributed by atoms with Gasteiger partial charge >= 0.3 is 0 Å². The van der Waals surface area contributed by atoms with Gasteiger partial charge in [0.15, 0.2) is 0 Å². The molecular weight excluding hydrogens is 240 g/mol. The van der Waals surface area contributed by atoms with Gasteiger partial charge in [-0.2, -0.15) is 0 Å². The lowest BCUT2D eigenvalue weighted by molar-refractivity contribution is 0.550. The van der Waals surface area contributed by atoms with Crippen molar-refractivity contribution in [1.29, 1.82) is 0 Å².